The van der Waals surface area contributed by atoms with Crippen molar-refractivity contribution < 1.29 is 0 Å². The van der Waals surface area contributed by atoms with Gasteiger partial charge >= 0.3 is 0 Å². The number of aromatic nitrogens is 4. The van der Waals surface area contributed by atoms with E-state index in [2.05, 4.69) is 15.3 Å². The van der Waals surface area contributed by atoms with Crippen LogP contribution in [0.25, 0.3) is 10.9 Å². The monoisotopic (exact) mass is 162 g/mol. The van der Waals surface area contributed by atoms with Crippen LogP contribution >= 0.6 is 0 Å². The molecule has 62 valence electrons. The summed E-state index contributed by atoms with van der Waals surface area (Å²) in [4.78, 5) is 0. The van der Waals surface area contributed by atoms with Gasteiger partial charge < -0.3 is 0 Å². The van der Waals surface area contributed by atoms with Crippen LogP contribution < -0.4 is 0 Å². The molecule has 0 bridgehead atoms. The number of fused-ring (bicyclic) bond motifs is 1. The second-order valence-corrected chi connectivity index (χ2v) is 2.90. The van der Waals surface area contributed by atoms with Gasteiger partial charge in [0, 0.05) is 12.4 Å². The molecule has 2 aromatic heterocycles. The molecule has 2 heterocycles. The van der Waals surface area contributed by atoms with Gasteiger partial charge in [-0.3, -0.25) is 4.68 Å². The summed E-state index contributed by atoms with van der Waals surface area (Å²) in [5, 5.41) is 13.2. The van der Waals surface area contributed by atoms with Crippen molar-refractivity contribution in [3.05, 3.63) is 17.6 Å². The summed E-state index contributed by atoms with van der Waals surface area (Å²) in [5.41, 5.74) is 3.00. The Hall–Kier alpha value is -1.45. The Morgan fingerprint density at radius 3 is 2.67 bits per heavy atom. The van der Waals surface area contributed by atoms with Crippen LogP contribution in [0.15, 0.2) is 6.20 Å². The average Bonchev–Trinajstić information content (AvgIpc) is 2.29. The van der Waals surface area contributed by atoms with Gasteiger partial charge in [0.2, 0.25) is 0 Å². The molecule has 0 unspecified atom stereocenters. The van der Waals surface area contributed by atoms with Crippen LogP contribution in [0, 0.1) is 13.8 Å². The minimum Gasteiger partial charge on any atom is -0.266 e. The Balaban J connectivity index is 2.99. The minimum absolute atomic E-state index is 0.926. The molecule has 0 saturated heterocycles. The van der Waals surface area contributed by atoms with E-state index in [1.165, 1.54) is 0 Å². The summed E-state index contributed by atoms with van der Waals surface area (Å²) in [5.74, 6) is 0. The zero-order chi connectivity index (χ0) is 8.72. The van der Waals surface area contributed by atoms with Crippen molar-refractivity contribution in [2.75, 3.05) is 0 Å². The van der Waals surface area contributed by atoms with E-state index in [1.54, 1.807) is 6.20 Å². The molecule has 0 spiro atoms. The molecule has 2 rings (SSSR count). The number of aryl methyl sites for hydroxylation is 3. The normalized spacial score (nSPS) is 10.9. The third kappa shape index (κ3) is 0.809. The van der Waals surface area contributed by atoms with Crippen LogP contribution in [0.5, 0.6) is 0 Å². The Kier molecular flexibility index (Phi) is 1.36. The van der Waals surface area contributed by atoms with Crippen LogP contribution in [0.2, 0.25) is 0 Å². The Bertz CT molecular complexity index is 430. The van der Waals surface area contributed by atoms with Crippen LogP contribution in [-0.2, 0) is 7.05 Å². The van der Waals surface area contributed by atoms with E-state index >= 15 is 0 Å². The third-order valence-corrected chi connectivity index (χ3v) is 2.01. The van der Waals surface area contributed by atoms with Crippen LogP contribution in [0.4, 0.5) is 0 Å². The smallest absolute Gasteiger partial charge is 0.0928 e. The van der Waals surface area contributed by atoms with Gasteiger partial charge in [-0.15, -0.1) is 0 Å². The summed E-state index contributed by atoms with van der Waals surface area (Å²) in [6.07, 6.45) is 1.75. The summed E-state index contributed by atoms with van der Waals surface area (Å²) < 4.78 is 1.84. The van der Waals surface area contributed by atoms with E-state index in [-0.39, 0.29) is 0 Å². The summed E-state index contributed by atoms with van der Waals surface area (Å²) in [6.45, 7) is 3.92. The molecule has 2 aromatic rings. The molecule has 0 N–H and O–H groups in total. The first-order chi connectivity index (χ1) is 5.70. The fraction of sp³-hybridized carbons (Fsp3) is 0.375. The van der Waals surface area contributed by atoms with Gasteiger partial charge in [-0.05, 0) is 13.8 Å². The van der Waals surface area contributed by atoms with Gasteiger partial charge in [0.25, 0.3) is 0 Å². The zero-order valence-electron chi connectivity index (χ0n) is 7.37. The van der Waals surface area contributed by atoms with E-state index in [4.69, 9.17) is 0 Å². The lowest BCUT2D eigenvalue weighted by Crippen LogP contribution is -1.94. The van der Waals surface area contributed by atoms with E-state index in [9.17, 15) is 0 Å². The zero-order valence-corrected chi connectivity index (χ0v) is 7.37. The highest BCUT2D eigenvalue weighted by atomic mass is 15.3. The largest absolute Gasteiger partial charge is 0.266 e. The molecule has 0 aliphatic rings. The van der Waals surface area contributed by atoms with Crippen LogP contribution in [0.1, 0.15) is 11.4 Å². The molecule has 12 heavy (non-hydrogen) atoms. The van der Waals surface area contributed by atoms with Gasteiger partial charge in [0.15, 0.2) is 0 Å². The fourth-order valence-electron chi connectivity index (χ4n) is 1.48. The Morgan fingerprint density at radius 2 is 2.00 bits per heavy atom. The number of hydrogen-bond donors (Lipinski definition) is 0. The molecule has 4 heteroatoms. The van der Waals surface area contributed by atoms with Gasteiger partial charge in [0.05, 0.1) is 23.1 Å². The van der Waals surface area contributed by atoms with Gasteiger partial charge in [-0.1, -0.05) is 0 Å². The average molecular weight is 162 g/mol. The van der Waals surface area contributed by atoms with Crippen molar-refractivity contribution in [1.82, 2.24) is 20.0 Å². The van der Waals surface area contributed by atoms with E-state index in [0.29, 0.717) is 0 Å². The highest BCUT2D eigenvalue weighted by Crippen LogP contribution is 2.16. The molecular formula is C8H10N4. The SMILES string of the molecule is Cc1nn(C)c2c(C)nncc12. The Labute approximate surface area is 70.2 Å². The van der Waals surface area contributed by atoms with E-state index < -0.39 is 0 Å². The molecule has 0 radical (unpaired) electrons. The summed E-state index contributed by atoms with van der Waals surface area (Å²) >= 11 is 0. The molecule has 0 saturated carbocycles. The van der Waals surface area contributed by atoms with Crippen molar-refractivity contribution in [2.45, 2.75) is 13.8 Å². The van der Waals surface area contributed by atoms with Gasteiger partial charge in [-0.25, -0.2) is 0 Å². The molecule has 0 aromatic carbocycles. The van der Waals surface area contributed by atoms with Crippen molar-refractivity contribution in [3.8, 4) is 0 Å². The summed E-state index contributed by atoms with van der Waals surface area (Å²) in [6, 6.07) is 0. The lowest BCUT2D eigenvalue weighted by molar-refractivity contribution is 0.777. The van der Waals surface area contributed by atoms with Crippen molar-refractivity contribution >= 4 is 10.9 Å². The first-order valence-corrected chi connectivity index (χ1v) is 3.81. The molecule has 0 aliphatic carbocycles. The number of rotatable bonds is 0. The first-order valence-electron chi connectivity index (χ1n) is 3.81. The predicted octanol–water partition coefficient (Wildman–Crippen LogP) is 0.980. The van der Waals surface area contributed by atoms with Crippen LogP contribution in [-0.4, -0.2) is 20.0 Å². The highest BCUT2D eigenvalue weighted by molar-refractivity contribution is 5.82. The van der Waals surface area contributed by atoms with Gasteiger partial charge in [-0.2, -0.15) is 15.3 Å². The lowest BCUT2D eigenvalue weighted by Gasteiger charge is -1.95. The predicted molar refractivity (Wildman–Crippen MR) is 45.8 cm³/mol. The standard InChI is InChI=1S/C8H10N4/c1-5-7-4-9-10-6(2)8(7)12(3)11-5/h4H,1-3H3. The van der Waals surface area contributed by atoms with Crippen molar-refractivity contribution in [2.24, 2.45) is 7.05 Å². The third-order valence-electron chi connectivity index (χ3n) is 2.01. The quantitative estimate of drug-likeness (QED) is 0.580. The molecular weight excluding hydrogens is 152 g/mol. The minimum atomic E-state index is 0.926. The molecule has 0 fully saturated rings. The highest BCUT2D eigenvalue weighted by Gasteiger charge is 2.07. The second-order valence-electron chi connectivity index (χ2n) is 2.90. The first kappa shape index (κ1) is 7.21. The number of nitrogens with zero attached hydrogens (tertiary/aromatic N) is 4. The van der Waals surface area contributed by atoms with Crippen molar-refractivity contribution in [1.29, 1.82) is 0 Å². The maximum Gasteiger partial charge on any atom is 0.0928 e. The van der Waals surface area contributed by atoms with Crippen molar-refractivity contribution in [3.63, 3.8) is 0 Å². The molecule has 0 atom stereocenters. The molecule has 4 nitrogen and oxygen atoms in total. The Morgan fingerprint density at radius 1 is 1.25 bits per heavy atom. The maximum absolute atomic E-state index is 4.29. The lowest BCUT2D eigenvalue weighted by atomic mass is 10.2. The van der Waals surface area contributed by atoms with Crippen LogP contribution in [0.3, 0.4) is 0 Å². The van der Waals surface area contributed by atoms with E-state index in [0.717, 1.165) is 22.3 Å². The molecule has 0 aliphatic heterocycles. The topological polar surface area (TPSA) is 43.6 Å². The molecule has 0 amide bonds. The fourth-order valence-corrected chi connectivity index (χ4v) is 1.48. The summed E-state index contributed by atoms with van der Waals surface area (Å²) in [7, 11) is 1.92. The maximum atomic E-state index is 4.29. The van der Waals surface area contributed by atoms with Gasteiger partial charge in [0.1, 0.15) is 0 Å². The van der Waals surface area contributed by atoms with E-state index in [1.807, 2.05) is 25.6 Å². The second kappa shape index (κ2) is 2.27. The number of hydrogen-bond acceptors (Lipinski definition) is 3.